The first-order valence-corrected chi connectivity index (χ1v) is 12.1. The van der Waals surface area contributed by atoms with Gasteiger partial charge in [-0.1, -0.05) is 43.2 Å². The summed E-state index contributed by atoms with van der Waals surface area (Å²) in [7, 11) is 0. The van der Waals surface area contributed by atoms with Crippen molar-refractivity contribution in [3.05, 3.63) is 71.7 Å². The van der Waals surface area contributed by atoms with Gasteiger partial charge in [0, 0.05) is 19.6 Å². The molecule has 0 radical (unpaired) electrons. The molecule has 1 atom stereocenters. The molecule has 2 aromatic carbocycles. The Hall–Kier alpha value is -3.18. The van der Waals surface area contributed by atoms with Crippen LogP contribution in [0.15, 0.2) is 54.6 Å². The Morgan fingerprint density at radius 1 is 1.20 bits per heavy atom. The number of hydrogen-bond donors (Lipinski definition) is 1. The maximum atomic E-state index is 14.6. The molecular formula is C28H32FN3O3. The fraction of sp³-hybridized carbons (Fsp3) is 0.393. The fourth-order valence-corrected chi connectivity index (χ4v) is 4.10. The van der Waals surface area contributed by atoms with Gasteiger partial charge in [0.05, 0.1) is 29.7 Å². The molecule has 0 aliphatic heterocycles. The molecule has 0 saturated heterocycles. The first-order chi connectivity index (χ1) is 17.1. The third-order valence-electron chi connectivity index (χ3n) is 5.96. The summed E-state index contributed by atoms with van der Waals surface area (Å²) in [6.07, 6.45) is 7.63. The van der Waals surface area contributed by atoms with Gasteiger partial charge in [0.2, 0.25) is 5.88 Å². The zero-order chi connectivity index (χ0) is 24.6. The van der Waals surface area contributed by atoms with Crippen molar-refractivity contribution in [2.45, 2.75) is 38.8 Å². The number of nitrogens with zero attached hydrogens (tertiary/aromatic N) is 3. The van der Waals surface area contributed by atoms with E-state index in [0.29, 0.717) is 31.3 Å². The lowest BCUT2D eigenvalue weighted by molar-refractivity contribution is 0.0249. The molecule has 35 heavy (non-hydrogen) atoms. The minimum atomic E-state index is -0.674. The average Bonchev–Trinajstić information content (AvgIpc) is 3.62. The average molecular weight is 478 g/mol. The maximum absolute atomic E-state index is 14.6. The number of para-hydroxylation sites is 2. The molecule has 0 unspecified atom stereocenters. The second kappa shape index (κ2) is 12.0. The first kappa shape index (κ1) is 24.9. The highest BCUT2D eigenvalue weighted by molar-refractivity contribution is 5.44. The monoisotopic (exact) mass is 477 g/mol. The van der Waals surface area contributed by atoms with Gasteiger partial charge in [-0.15, -0.1) is 6.42 Å². The van der Waals surface area contributed by atoms with Crippen LogP contribution in [0.2, 0.25) is 0 Å². The van der Waals surface area contributed by atoms with Gasteiger partial charge in [-0.05, 0) is 49.4 Å². The Morgan fingerprint density at radius 3 is 2.63 bits per heavy atom. The van der Waals surface area contributed by atoms with Crippen LogP contribution in [0.1, 0.15) is 31.0 Å². The molecule has 0 amide bonds. The van der Waals surface area contributed by atoms with Gasteiger partial charge >= 0.3 is 0 Å². The Balaban J connectivity index is 1.67. The van der Waals surface area contributed by atoms with E-state index in [1.165, 1.54) is 18.9 Å². The van der Waals surface area contributed by atoms with E-state index < -0.39 is 11.9 Å². The molecule has 1 fully saturated rings. The minimum Gasteiger partial charge on any atom is -0.435 e. The van der Waals surface area contributed by atoms with Crippen molar-refractivity contribution in [1.29, 1.82) is 0 Å². The maximum Gasteiger partial charge on any atom is 0.227 e. The van der Waals surface area contributed by atoms with Crippen LogP contribution >= 0.6 is 0 Å². The van der Waals surface area contributed by atoms with E-state index in [-0.39, 0.29) is 19.0 Å². The highest BCUT2D eigenvalue weighted by Gasteiger charge is 2.29. The summed E-state index contributed by atoms with van der Waals surface area (Å²) in [4.78, 5) is 2.21. The summed E-state index contributed by atoms with van der Waals surface area (Å²) >= 11 is 0. The number of hydrogen-bond acceptors (Lipinski definition) is 5. The van der Waals surface area contributed by atoms with Crippen LogP contribution in [0.4, 0.5) is 4.39 Å². The van der Waals surface area contributed by atoms with E-state index in [4.69, 9.17) is 21.0 Å². The molecule has 1 aliphatic rings. The molecule has 4 rings (SSSR count). The van der Waals surface area contributed by atoms with Crippen molar-refractivity contribution in [2.24, 2.45) is 5.92 Å². The molecule has 3 aromatic rings. The van der Waals surface area contributed by atoms with Crippen LogP contribution in [0.3, 0.4) is 0 Å². The Bertz CT molecular complexity index is 1140. The molecule has 1 aliphatic carbocycles. The van der Waals surface area contributed by atoms with Crippen molar-refractivity contribution < 1.29 is 19.0 Å². The standard InChI is InChI=1S/C28H32FN3O3/c1-3-16-34-20-23(33)18-31(17-21-14-15-21)19-24-26(4-2)30-32(22-10-6-5-7-11-22)28(24)35-27-13-9-8-12-25(27)29/h1,5-13,21,23,33H,4,14-20H2,2H3/t23-/m1/s1. The zero-order valence-corrected chi connectivity index (χ0v) is 20.1. The van der Waals surface area contributed by atoms with E-state index in [0.717, 1.165) is 23.5 Å². The molecule has 184 valence electrons. The van der Waals surface area contributed by atoms with Crippen LogP contribution in [0.25, 0.3) is 5.69 Å². The number of aliphatic hydroxyl groups is 1. The largest absolute Gasteiger partial charge is 0.435 e. The van der Waals surface area contributed by atoms with Gasteiger partial charge < -0.3 is 14.6 Å². The summed E-state index contributed by atoms with van der Waals surface area (Å²) in [6, 6.07) is 16.1. The highest BCUT2D eigenvalue weighted by Crippen LogP contribution is 2.35. The van der Waals surface area contributed by atoms with Gasteiger partial charge in [-0.2, -0.15) is 5.10 Å². The molecule has 0 spiro atoms. The highest BCUT2D eigenvalue weighted by atomic mass is 19.1. The molecule has 1 heterocycles. The zero-order valence-electron chi connectivity index (χ0n) is 20.1. The molecular weight excluding hydrogens is 445 g/mol. The molecule has 6 nitrogen and oxygen atoms in total. The SMILES string of the molecule is C#CCOC[C@H](O)CN(Cc1c(CC)nn(-c2ccccc2)c1Oc1ccccc1F)CC1CC1. The van der Waals surface area contributed by atoms with Gasteiger partial charge in [0.15, 0.2) is 11.6 Å². The number of halogens is 1. The molecule has 7 heteroatoms. The summed E-state index contributed by atoms with van der Waals surface area (Å²) in [5.74, 6) is 3.22. The summed E-state index contributed by atoms with van der Waals surface area (Å²) in [5, 5.41) is 15.4. The number of benzene rings is 2. The van der Waals surface area contributed by atoms with E-state index in [1.54, 1.807) is 22.9 Å². The quantitative estimate of drug-likeness (QED) is 0.288. The van der Waals surface area contributed by atoms with Crippen LogP contribution in [0.5, 0.6) is 11.6 Å². The van der Waals surface area contributed by atoms with Crippen molar-refractivity contribution in [3.63, 3.8) is 0 Å². The third-order valence-corrected chi connectivity index (χ3v) is 5.96. The predicted octanol–water partition coefficient (Wildman–Crippen LogP) is 4.59. The van der Waals surface area contributed by atoms with Crippen LogP contribution in [-0.2, 0) is 17.7 Å². The lowest BCUT2D eigenvalue weighted by atomic mass is 10.1. The molecule has 1 saturated carbocycles. The van der Waals surface area contributed by atoms with Crippen molar-refractivity contribution >= 4 is 0 Å². The van der Waals surface area contributed by atoms with E-state index in [1.807, 2.05) is 37.3 Å². The third kappa shape index (κ3) is 6.70. The summed E-state index contributed by atoms with van der Waals surface area (Å²) in [6.45, 7) is 4.19. The molecule has 0 bridgehead atoms. The smallest absolute Gasteiger partial charge is 0.227 e. The van der Waals surface area contributed by atoms with Crippen LogP contribution in [-0.4, -0.2) is 52.2 Å². The van der Waals surface area contributed by atoms with E-state index in [9.17, 15) is 9.50 Å². The number of terminal acetylenes is 1. The van der Waals surface area contributed by atoms with Crippen molar-refractivity contribution in [3.8, 4) is 29.7 Å². The second-order valence-corrected chi connectivity index (χ2v) is 8.87. The summed E-state index contributed by atoms with van der Waals surface area (Å²) in [5.41, 5.74) is 2.59. The van der Waals surface area contributed by atoms with Gasteiger partial charge in [0.25, 0.3) is 0 Å². The lowest BCUT2D eigenvalue weighted by Gasteiger charge is -2.25. The lowest BCUT2D eigenvalue weighted by Crippen LogP contribution is -2.36. The number of rotatable bonds is 13. The van der Waals surface area contributed by atoms with Crippen LogP contribution < -0.4 is 4.74 Å². The number of aromatic nitrogens is 2. The number of aliphatic hydroxyl groups excluding tert-OH is 1. The van der Waals surface area contributed by atoms with Gasteiger partial charge in [-0.25, -0.2) is 9.07 Å². The minimum absolute atomic E-state index is 0.143. The first-order valence-electron chi connectivity index (χ1n) is 12.1. The van der Waals surface area contributed by atoms with Crippen molar-refractivity contribution in [2.75, 3.05) is 26.3 Å². The fourth-order valence-electron chi connectivity index (χ4n) is 4.10. The predicted molar refractivity (Wildman–Crippen MR) is 133 cm³/mol. The molecule has 1 aromatic heterocycles. The Labute approximate surface area is 206 Å². The topological polar surface area (TPSA) is 59.8 Å². The van der Waals surface area contributed by atoms with E-state index >= 15 is 0 Å². The number of aryl methyl sites for hydroxylation is 1. The Morgan fingerprint density at radius 2 is 1.94 bits per heavy atom. The van der Waals surface area contributed by atoms with E-state index in [2.05, 4.69) is 10.8 Å². The van der Waals surface area contributed by atoms with Gasteiger partial charge in [-0.3, -0.25) is 4.90 Å². The molecule has 1 N–H and O–H groups in total. The normalized spacial score (nSPS) is 14.1. The summed E-state index contributed by atoms with van der Waals surface area (Å²) < 4.78 is 27.9. The van der Waals surface area contributed by atoms with Gasteiger partial charge in [0.1, 0.15) is 6.61 Å². The van der Waals surface area contributed by atoms with Crippen molar-refractivity contribution in [1.82, 2.24) is 14.7 Å². The Kier molecular flexibility index (Phi) is 8.54. The number of ether oxygens (including phenoxy) is 2. The second-order valence-electron chi connectivity index (χ2n) is 8.87. The van der Waals surface area contributed by atoms with Crippen LogP contribution in [0, 0.1) is 24.1 Å².